The van der Waals surface area contributed by atoms with Gasteiger partial charge in [-0.2, -0.15) is 13.1 Å². The predicted molar refractivity (Wildman–Crippen MR) is 112 cm³/mol. The van der Waals surface area contributed by atoms with Crippen LogP contribution < -0.4 is 10.1 Å². The van der Waals surface area contributed by atoms with Crippen molar-refractivity contribution in [3.8, 4) is 5.75 Å². The maximum absolute atomic E-state index is 12.9. The van der Waals surface area contributed by atoms with Gasteiger partial charge in [0.15, 0.2) is 0 Å². The van der Waals surface area contributed by atoms with Gasteiger partial charge in [-0.1, -0.05) is 41.4 Å². The second kappa shape index (κ2) is 9.99. The number of sulfonamides is 1. The molecule has 0 unspecified atom stereocenters. The summed E-state index contributed by atoms with van der Waals surface area (Å²) >= 11 is 11.9. The summed E-state index contributed by atoms with van der Waals surface area (Å²) < 4.78 is 56.4. The number of benzene rings is 2. The normalized spacial score (nSPS) is 15.2. The summed E-state index contributed by atoms with van der Waals surface area (Å²) in [7, 11) is -3.87. The monoisotopic (exact) mass is 493 g/mol. The topological polar surface area (TPSA) is 79.0 Å². The summed E-state index contributed by atoms with van der Waals surface area (Å²) in [5, 5.41) is 2.95. The van der Waals surface area contributed by atoms with Crippen LogP contribution in [-0.2, 0) is 16.6 Å². The molecule has 2 aromatic carbocycles. The third-order valence-electron chi connectivity index (χ3n) is 4.66. The molecule has 2 aromatic rings. The molecular formula is C19H19Cl2F2N3O4S. The van der Waals surface area contributed by atoms with Crippen molar-refractivity contribution in [3.05, 3.63) is 58.1 Å². The predicted octanol–water partition coefficient (Wildman–Crippen LogP) is 3.81. The van der Waals surface area contributed by atoms with Gasteiger partial charge in [0.05, 0.1) is 5.02 Å². The zero-order valence-electron chi connectivity index (χ0n) is 16.1. The van der Waals surface area contributed by atoms with E-state index in [0.29, 0.717) is 5.56 Å². The molecule has 1 heterocycles. The van der Waals surface area contributed by atoms with E-state index in [9.17, 15) is 22.0 Å². The lowest BCUT2D eigenvalue weighted by Crippen LogP contribution is -2.53. The molecule has 7 nitrogen and oxygen atoms in total. The molecule has 12 heteroatoms. The van der Waals surface area contributed by atoms with E-state index in [1.54, 1.807) is 18.2 Å². The second-order valence-corrected chi connectivity index (χ2v) is 9.36. The number of urea groups is 1. The Kier molecular flexibility index (Phi) is 7.58. The van der Waals surface area contributed by atoms with Gasteiger partial charge in [0.1, 0.15) is 10.6 Å². The van der Waals surface area contributed by atoms with E-state index in [2.05, 4.69) is 10.1 Å². The maximum atomic E-state index is 12.9. The van der Waals surface area contributed by atoms with Crippen LogP contribution in [0.2, 0.25) is 10.0 Å². The summed E-state index contributed by atoms with van der Waals surface area (Å²) in [4.78, 5) is 13.8. The quantitative estimate of drug-likeness (QED) is 0.663. The van der Waals surface area contributed by atoms with Gasteiger partial charge in [-0.3, -0.25) is 0 Å². The Balaban J connectivity index is 1.59. The van der Waals surface area contributed by atoms with E-state index in [1.165, 1.54) is 33.5 Å². The van der Waals surface area contributed by atoms with Crippen molar-refractivity contribution in [2.75, 3.05) is 26.2 Å². The largest absolute Gasteiger partial charge is 0.434 e. The summed E-state index contributed by atoms with van der Waals surface area (Å²) in [5.74, 6) is -0.0212. The van der Waals surface area contributed by atoms with Crippen molar-refractivity contribution in [3.63, 3.8) is 0 Å². The highest BCUT2D eigenvalue weighted by Gasteiger charge is 2.31. The molecule has 0 bridgehead atoms. The van der Waals surface area contributed by atoms with E-state index in [1.807, 2.05) is 0 Å². The van der Waals surface area contributed by atoms with E-state index in [4.69, 9.17) is 23.2 Å². The number of carbonyl (C=O) groups excluding carboxylic acids is 1. The molecule has 31 heavy (non-hydrogen) atoms. The van der Waals surface area contributed by atoms with Gasteiger partial charge < -0.3 is 15.0 Å². The molecule has 0 radical (unpaired) electrons. The summed E-state index contributed by atoms with van der Waals surface area (Å²) in [6, 6.07) is 9.90. The maximum Gasteiger partial charge on any atom is 0.387 e. The molecule has 1 aliphatic heterocycles. The minimum Gasteiger partial charge on any atom is -0.434 e. The van der Waals surface area contributed by atoms with Gasteiger partial charge in [0.2, 0.25) is 10.0 Å². The van der Waals surface area contributed by atoms with Gasteiger partial charge in [-0.15, -0.1) is 0 Å². The molecule has 0 aliphatic carbocycles. The molecule has 3 rings (SSSR count). The Hall–Kier alpha value is -2.14. The van der Waals surface area contributed by atoms with Crippen molar-refractivity contribution in [2.45, 2.75) is 18.1 Å². The van der Waals surface area contributed by atoms with E-state index < -0.39 is 22.7 Å². The number of amides is 2. The fourth-order valence-corrected chi connectivity index (χ4v) is 5.25. The van der Waals surface area contributed by atoms with Crippen LogP contribution in [0, 0.1) is 0 Å². The van der Waals surface area contributed by atoms with Gasteiger partial charge in [-0.25, -0.2) is 13.2 Å². The number of hydrogen-bond acceptors (Lipinski definition) is 4. The number of ether oxygens (including phenoxy) is 1. The molecule has 0 atom stereocenters. The molecule has 0 aromatic heterocycles. The van der Waals surface area contributed by atoms with Gasteiger partial charge >= 0.3 is 12.6 Å². The van der Waals surface area contributed by atoms with Crippen molar-refractivity contribution >= 4 is 39.3 Å². The standard InChI is InChI=1S/C19H19Cl2F2N3O4S/c20-14-5-6-15(21)17(11-14)31(28,29)26-9-7-25(8-10-26)19(27)24-12-13-3-1-2-4-16(13)30-18(22)23/h1-6,11,18H,7-10,12H2,(H,24,27). The number of nitrogens with zero attached hydrogens (tertiary/aromatic N) is 2. The minimum atomic E-state index is -3.87. The highest BCUT2D eigenvalue weighted by atomic mass is 35.5. The number of rotatable bonds is 6. The number of para-hydroxylation sites is 1. The van der Waals surface area contributed by atoms with Crippen LogP contribution in [0.15, 0.2) is 47.4 Å². The molecule has 1 saturated heterocycles. The molecule has 168 valence electrons. The lowest BCUT2D eigenvalue weighted by atomic mass is 10.2. The Bertz CT molecular complexity index is 1050. The van der Waals surface area contributed by atoms with Gasteiger partial charge in [0, 0.05) is 43.3 Å². The SMILES string of the molecule is O=C(NCc1ccccc1OC(F)F)N1CCN(S(=O)(=O)c2cc(Cl)ccc2Cl)CC1. The Labute approximate surface area is 188 Å². The van der Waals surface area contributed by atoms with Crippen LogP contribution in [0.4, 0.5) is 13.6 Å². The van der Waals surface area contributed by atoms with Crippen molar-refractivity contribution in [1.82, 2.24) is 14.5 Å². The highest BCUT2D eigenvalue weighted by Crippen LogP contribution is 2.28. The third kappa shape index (κ3) is 5.76. The van der Waals surface area contributed by atoms with Crippen LogP contribution in [-0.4, -0.2) is 56.4 Å². The molecule has 2 amide bonds. The summed E-state index contributed by atoms with van der Waals surface area (Å²) in [5.41, 5.74) is 0.396. The number of halogens is 4. The Morgan fingerprint density at radius 2 is 1.77 bits per heavy atom. The lowest BCUT2D eigenvalue weighted by Gasteiger charge is -2.34. The van der Waals surface area contributed by atoms with Crippen LogP contribution in [0.5, 0.6) is 5.75 Å². The van der Waals surface area contributed by atoms with Crippen molar-refractivity contribution in [1.29, 1.82) is 0 Å². The van der Waals surface area contributed by atoms with Crippen molar-refractivity contribution < 1.29 is 26.7 Å². The first-order chi connectivity index (χ1) is 14.7. The molecule has 1 aliphatic rings. The summed E-state index contributed by atoms with van der Waals surface area (Å²) in [6.45, 7) is -2.54. The second-order valence-electron chi connectivity index (χ2n) is 6.61. The van der Waals surface area contributed by atoms with Gasteiger partial charge in [-0.05, 0) is 24.3 Å². The molecule has 1 fully saturated rings. The molecule has 0 spiro atoms. The van der Waals surface area contributed by atoms with E-state index in [0.717, 1.165) is 0 Å². The minimum absolute atomic E-state index is 0.0155. The average molecular weight is 494 g/mol. The molecular weight excluding hydrogens is 475 g/mol. The fourth-order valence-electron chi connectivity index (χ4n) is 3.09. The first kappa shape index (κ1) is 23.5. The van der Waals surface area contributed by atoms with E-state index >= 15 is 0 Å². The summed E-state index contributed by atoms with van der Waals surface area (Å²) in [6.07, 6.45) is 0. The van der Waals surface area contributed by atoms with Crippen molar-refractivity contribution in [2.24, 2.45) is 0 Å². The number of piperazine rings is 1. The first-order valence-corrected chi connectivity index (χ1v) is 11.4. The van der Waals surface area contributed by atoms with Crippen LogP contribution in [0.3, 0.4) is 0 Å². The van der Waals surface area contributed by atoms with E-state index in [-0.39, 0.29) is 53.4 Å². The zero-order chi connectivity index (χ0) is 22.6. The fraction of sp³-hybridized carbons (Fsp3) is 0.316. The zero-order valence-corrected chi connectivity index (χ0v) is 18.4. The van der Waals surface area contributed by atoms with Crippen LogP contribution in [0.25, 0.3) is 0 Å². The smallest absolute Gasteiger partial charge is 0.387 e. The number of nitrogens with one attached hydrogen (secondary N) is 1. The Morgan fingerprint density at radius 1 is 1.10 bits per heavy atom. The van der Waals surface area contributed by atoms with Crippen LogP contribution >= 0.6 is 23.2 Å². The van der Waals surface area contributed by atoms with Crippen LogP contribution in [0.1, 0.15) is 5.56 Å². The lowest BCUT2D eigenvalue weighted by molar-refractivity contribution is -0.0504. The number of hydrogen-bond donors (Lipinski definition) is 1. The Morgan fingerprint density at radius 3 is 2.45 bits per heavy atom. The highest BCUT2D eigenvalue weighted by molar-refractivity contribution is 7.89. The average Bonchev–Trinajstić information content (AvgIpc) is 2.74. The number of carbonyl (C=O) groups is 1. The third-order valence-corrected chi connectivity index (χ3v) is 7.27. The molecule has 0 saturated carbocycles. The first-order valence-electron chi connectivity index (χ1n) is 9.19. The molecule has 1 N–H and O–H groups in total. The number of alkyl halides is 2. The van der Waals surface area contributed by atoms with Gasteiger partial charge in [0.25, 0.3) is 0 Å².